The molecule has 0 saturated heterocycles. The lowest BCUT2D eigenvalue weighted by Crippen LogP contribution is -2.31. The Morgan fingerprint density at radius 1 is 1.18 bits per heavy atom. The normalized spacial score (nSPS) is 12.0. The summed E-state index contributed by atoms with van der Waals surface area (Å²) in [5.74, 6) is -0.479. The van der Waals surface area contributed by atoms with Crippen LogP contribution < -0.4 is 5.32 Å². The van der Waals surface area contributed by atoms with Gasteiger partial charge in [0, 0.05) is 18.1 Å². The topological polar surface area (TPSA) is 77.0 Å². The number of benzene rings is 1. The van der Waals surface area contributed by atoms with Crippen molar-refractivity contribution in [2.75, 3.05) is 11.9 Å². The summed E-state index contributed by atoms with van der Waals surface area (Å²) in [4.78, 5) is 25.2. The van der Waals surface area contributed by atoms with Crippen LogP contribution >= 0.6 is 11.3 Å². The summed E-state index contributed by atoms with van der Waals surface area (Å²) in [6.45, 7) is 7.83. The third kappa shape index (κ3) is 6.07. The van der Waals surface area contributed by atoms with Gasteiger partial charge in [-0.2, -0.15) is 13.2 Å². The SMILES string of the molecule is CCCCOC(=O)C(C)(C)c1ncc(-c2cc(C)cc(Nc3nccc(C(F)(F)F)n3)c2)s1. The zero-order chi connectivity index (χ0) is 24.2. The number of rotatable bonds is 8. The number of carbonyl (C=O) groups excluding carboxylic acids is 1. The van der Waals surface area contributed by atoms with Gasteiger partial charge < -0.3 is 10.1 Å². The fourth-order valence-corrected chi connectivity index (χ4v) is 3.97. The Morgan fingerprint density at radius 3 is 2.64 bits per heavy atom. The molecule has 6 nitrogen and oxygen atoms in total. The molecule has 0 aliphatic carbocycles. The van der Waals surface area contributed by atoms with Gasteiger partial charge in [-0.1, -0.05) is 19.4 Å². The molecular formula is C23H25F3N4O2S. The van der Waals surface area contributed by atoms with Crippen molar-refractivity contribution in [3.05, 3.63) is 52.9 Å². The van der Waals surface area contributed by atoms with E-state index in [1.165, 1.54) is 11.3 Å². The van der Waals surface area contributed by atoms with Crippen molar-refractivity contribution in [3.63, 3.8) is 0 Å². The third-order valence-corrected chi connectivity index (χ3v) is 6.22. The molecule has 176 valence electrons. The molecule has 0 unspecified atom stereocenters. The number of aryl methyl sites for hydroxylation is 1. The average Bonchev–Trinajstić information content (AvgIpc) is 3.24. The summed E-state index contributed by atoms with van der Waals surface area (Å²) in [7, 11) is 0. The zero-order valence-corrected chi connectivity index (χ0v) is 19.6. The molecule has 33 heavy (non-hydrogen) atoms. The van der Waals surface area contributed by atoms with Gasteiger partial charge in [0.2, 0.25) is 5.95 Å². The molecule has 10 heteroatoms. The van der Waals surface area contributed by atoms with Crippen molar-refractivity contribution in [3.8, 4) is 10.4 Å². The van der Waals surface area contributed by atoms with E-state index in [0.29, 0.717) is 17.3 Å². The van der Waals surface area contributed by atoms with Crippen molar-refractivity contribution < 1.29 is 22.7 Å². The van der Waals surface area contributed by atoms with Crippen molar-refractivity contribution >= 4 is 28.9 Å². The molecular weight excluding hydrogens is 453 g/mol. The Morgan fingerprint density at radius 2 is 1.94 bits per heavy atom. The minimum atomic E-state index is -4.55. The maximum atomic E-state index is 12.9. The maximum absolute atomic E-state index is 12.9. The molecule has 2 aromatic heterocycles. The number of carbonyl (C=O) groups is 1. The van der Waals surface area contributed by atoms with Crippen molar-refractivity contribution in [2.24, 2.45) is 0 Å². The van der Waals surface area contributed by atoms with Crippen molar-refractivity contribution in [1.29, 1.82) is 0 Å². The van der Waals surface area contributed by atoms with E-state index in [1.54, 1.807) is 32.2 Å². The summed E-state index contributed by atoms with van der Waals surface area (Å²) in [5.41, 5.74) is 0.317. The minimum absolute atomic E-state index is 0.151. The average molecular weight is 479 g/mol. The zero-order valence-electron chi connectivity index (χ0n) is 18.8. The molecule has 0 aliphatic heterocycles. The number of ether oxygens (including phenoxy) is 1. The summed E-state index contributed by atoms with van der Waals surface area (Å²) in [6, 6.07) is 6.31. The van der Waals surface area contributed by atoms with Crippen molar-refractivity contribution in [1.82, 2.24) is 15.0 Å². The first-order valence-electron chi connectivity index (χ1n) is 10.4. The van der Waals surface area contributed by atoms with Gasteiger partial charge in [-0.25, -0.2) is 15.0 Å². The van der Waals surface area contributed by atoms with Crippen LogP contribution in [0.1, 0.15) is 49.9 Å². The van der Waals surface area contributed by atoms with Gasteiger partial charge in [0.15, 0.2) is 0 Å². The molecule has 0 atom stereocenters. The smallest absolute Gasteiger partial charge is 0.433 e. The first-order valence-corrected chi connectivity index (χ1v) is 11.2. The van der Waals surface area contributed by atoms with Crippen LogP contribution in [0.15, 0.2) is 36.7 Å². The third-order valence-electron chi connectivity index (χ3n) is 4.85. The molecule has 0 radical (unpaired) electrons. The van der Waals surface area contributed by atoms with Gasteiger partial charge in [-0.05, 0) is 56.5 Å². The van der Waals surface area contributed by atoms with Crippen LogP contribution in [0.3, 0.4) is 0 Å². The van der Waals surface area contributed by atoms with Gasteiger partial charge in [0.25, 0.3) is 0 Å². The fourth-order valence-electron chi connectivity index (χ4n) is 2.98. The number of alkyl halides is 3. The standard InChI is InChI=1S/C23H25F3N4O2S/c1-5-6-9-32-20(31)22(3,4)19-28-13-17(33-19)15-10-14(2)11-16(12-15)29-21-27-8-7-18(30-21)23(24,25)26/h7-8,10-13H,5-6,9H2,1-4H3,(H,27,29,30). The molecule has 2 heterocycles. The van der Waals surface area contributed by atoms with Gasteiger partial charge in [-0.15, -0.1) is 11.3 Å². The summed E-state index contributed by atoms with van der Waals surface area (Å²) in [5, 5.41) is 3.46. The first-order chi connectivity index (χ1) is 15.5. The van der Waals surface area contributed by atoms with Gasteiger partial charge in [0.05, 0.1) is 11.5 Å². The largest absolute Gasteiger partial charge is 0.465 e. The number of hydrogen-bond donors (Lipinski definition) is 1. The predicted octanol–water partition coefficient (Wildman–Crippen LogP) is 6.29. The first kappa shape index (κ1) is 24.6. The van der Waals surface area contributed by atoms with E-state index < -0.39 is 17.3 Å². The van der Waals surface area contributed by atoms with E-state index in [2.05, 4.69) is 20.3 Å². The number of anilines is 2. The van der Waals surface area contributed by atoms with Crippen LogP contribution in [0.5, 0.6) is 0 Å². The van der Waals surface area contributed by atoms with Crippen LogP contribution in [0, 0.1) is 6.92 Å². The lowest BCUT2D eigenvalue weighted by Gasteiger charge is -2.19. The highest BCUT2D eigenvalue weighted by Crippen LogP contribution is 2.36. The molecule has 1 aromatic carbocycles. The Kier molecular flexibility index (Phi) is 7.36. The molecule has 0 aliphatic rings. The molecule has 0 fully saturated rings. The predicted molar refractivity (Wildman–Crippen MR) is 121 cm³/mol. The van der Waals surface area contributed by atoms with E-state index in [4.69, 9.17) is 4.74 Å². The van der Waals surface area contributed by atoms with Gasteiger partial charge in [-0.3, -0.25) is 4.79 Å². The highest BCUT2D eigenvalue weighted by Gasteiger charge is 2.35. The second-order valence-corrected chi connectivity index (χ2v) is 9.15. The van der Waals surface area contributed by atoms with E-state index >= 15 is 0 Å². The van der Waals surface area contributed by atoms with Crippen LogP contribution in [-0.2, 0) is 21.1 Å². The number of unbranched alkanes of at least 4 members (excludes halogenated alkanes) is 1. The highest BCUT2D eigenvalue weighted by atomic mass is 32.1. The minimum Gasteiger partial charge on any atom is -0.465 e. The molecule has 0 amide bonds. The van der Waals surface area contributed by atoms with E-state index in [0.717, 1.165) is 41.1 Å². The van der Waals surface area contributed by atoms with Crippen LogP contribution in [0.25, 0.3) is 10.4 Å². The molecule has 0 bridgehead atoms. The molecule has 3 rings (SSSR count). The number of thiazole rings is 1. The van der Waals surface area contributed by atoms with Crippen LogP contribution in [0.4, 0.5) is 24.8 Å². The molecule has 3 aromatic rings. The summed E-state index contributed by atoms with van der Waals surface area (Å²) < 4.78 is 44.2. The van der Waals surface area contributed by atoms with Crippen molar-refractivity contribution in [2.45, 2.75) is 52.1 Å². The number of esters is 1. The van der Waals surface area contributed by atoms with Crippen LogP contribution in [0.2, 0.25) is 0 Å². The molecule has 0 saturated carbocycles. The molecule has 0 spiro atoms. The fraction of sp³-hybridized carbons (Fsp3) is 0.391. The Hall–Kier alpha value is -3.01. The lowest BCUT2D eigenvalue weighted by molar-refractivity contribution is -0.149. The summed E-state index contributed by atoms with van der Waals surface area (Å²) >= 11 is 1.37. The number of halogens is 3. The Balaban J connectivity index is 1.83. The second kappa shape index (κ2) is 9.86. The number of nitrogens with one attached hydrogen (secondary N) is 1. The monoisotopic (exact) mass is 478 g/mol. The number of nitrogens with zero attached hydrogens (tertiary/aromatic N) is 3. The molecule has 1 N–H and O–H groups in total. The quantitative estimate of drug-likeness (QED) is 0.303. The van der Waals surface area contributed by atoms with Gasteiger partial charge in [0.1, 0.15) is 16.1 Å². The maximum Gasteiger partial charge on any atom is 0.433 e. The summed E-state index contributed by atoms with van der Waals surface area (Å²) in [6.07, 6.45) is -0.0724. The van der Waals surface area contributed by atoms with E-state index in [9.17, 15) is 18.0 Å². The number of aromatic nitrogens is 3. The Labute approximate surface area is 194 Å². The highest BCUT2D eigenvalue weighted by molar-refractivity contribution is 7.15. The lowest BCUT2D eigenvalue weighted by atomic mass is 9.95. The van der Waals surface area contributed by atoms with Gasteiger partial charge >= 0.3 is 12.1 Å². The number of hydrogen-bond acceptors (Lipinski definition) is 7. The van der Waals surface area contributed by atoms with Crippen LogP contribution in [-0.4, -0.2) is 27.5 Å². The van der Waals surface area contributed by atoms with E-state index in [1.807, 2.05) is 19.9 Å². The second-order valence-electron chi connectivity index (χ2n) is 8.12. The van der Waals surface area contributed by atoms with E-state index in [-0.39, 0.29) is 11.9 Å². The Bertz CT molecular complexity index is 1130.